The molecule has 1 unspecified atom stereocenters. The summed E-state index contributed by atoms with van der Waals surface area (Å²) in [5.74, 6) is 0.0574. The Morgan fingerprint density at radius 1 is 1.25 bits per heavy atom. The molecule has 4 heteroatoms. The minimum Gasteiger partial charge on any atom is -0.508 e. The highest BCUT2D eigenvalue weighted by molar-refractivity contribution is 5.79. The van der Waals surface area contributed by atoms with Gasteiger partial charge in [0.2, 0.25) is 5.91 Å². The third-order valence-corrected chi connectivity index (χ3v) is 3.12. The van der Waals surface area contributed by atoms with Crippen LogP contribution in [-0.2, 0) is 11.2 Å². The van der Waals surface area contributed by atoms with E-state index in [0.717, 1.165) is 11.1 Å². The second-order valence-electron chi connectivity index (χ2n) is 4.76. The van der Waals surface area contributed by atoms with Crippen molar-refractivity contribution in [3.63, 3.8) is 0 Å². The fourth-order valence-electron chi connectivity index (χ4n) is 2.13. The van der Waals surface area contributed by atoms with Crippen molar-refractivity contribution >= 4 is 11.6 Å². The van der Waals surface area contributed by atoms with Crippen LogP contribution in [-0.4, -0.2) is 11.0 Å². The normalized spacial score (nSPS) is 11.8. The predicted octanol–water partition coefficient (Wildman–Crippen LogP) is 2.39. The molecule has 0 radical (unpaired) electrons. The zero-order chi connectivity index (χ0) is 14.5. The summed E-state index contributed by atoms with van der Waals surface area (Å²) < 4.78 is 0. The fourth-order valence-corrected chi connectivity index (χ4v) is 2.13. The summed E-state index contributed by atoms with van der Waals surface area (Å²) in [4.78, 5) is 12.0. The number of aromatic hydroxyl groups is 1. The van der Waals surface area contributed by atoms with Gasteiger partial charge in [0, 0.05) is 5.69 Å². The molecule has 0 aliphatic heterocycles. The molecule has 0 saturated heterocycles. The first kappa shape index (κ1) is 13.9. The van der Waals surface area contributed by atoms with Crippen molar-refractivity contribution in [2.45, 2.75) is 19.4 Å². The van der Waals surface area contributed by atoms with Gasteiger partial charge in [0.25, 0.3) is 0 Å². The summed E-state index contributed by atoms with van der Waals surface area (Å²) in [5, 5.41) is 12.3. The van der Waals surface area contributed by atoms with Crippen LogP contribution in [0.15, 0.2) is 48.5 Å². The van der Waals surface area contributed by atoms with Crippen LogP contribution in [0.4, 0.5) is 5.69 Å². The van der Waals surface area contributed by atoms with Gasteiger partial charge in [0.05, 0.1) is 12.5 Å². The number of anilines is 1. The Hall–Kier alpha value is -2.49. The van der Waals surface area contributed by atoms with E-state index in [9.17, 15) is 9.90 Å². The van der Waals surface area contributed by atoms with Gasteiger partial charge in [-0.1, -0.05) is 30.3 Å². The average Bonchev–Trinajstić information content (AvgIpc) is 2.38. The third kappa shape index (κ3) is 3.51. The lowest BCUT2D eigenvalue weighted by molar-refractivity contribution is -0.121. The molecule has 104 valence electrons. The highest BCUT2D eigenvalue weighted by Gasteiger charge is 2.12. The van der Waals surface area contributed by atoms with Crippen molar-refractivity contribution in [3.05, 3.63) is 59.7 Å². The molecule has 2 aromatic rings. The molecule has 0 heterocycles. The van der Waals surface area contributed by atoms with Gasteiger partial charge >= 0.3 is 0 Å². The van der Waals surface area contributed by atoms with E-state index in [4.69, 9.17) is 5.73 Å². The number of nitrogens with two attached hydrogens (primary N) is 1. The Bertz CT molecular complexity index is 611. The summed E-state index contributed by atoms with van der Waals surface area (Å²) in [6.45, 7) is 1.89. The third-order valence-electron chi connectivity index (χ3n) is 3.12. The number of hydrogen-bond acceptors (Lipinski definition) is 3. The SMILES string of the molecule is CC(NC(=O)Cc1cccc(O)c1)c1ccccc1N. The first-order valence-corrected chi connectivity index (χ1v) is 6.48. The van der Waals surface area contributed by atoms with E-state index in [1.807, 2.05) is 31.2 Å². The molecule has 4 N–H and O–H groups in total. The van der Waals surface area contributed by atoms with Gasteiger partial charge in [0.1, 0.15) is 5.75 Å². The number of para-hydroxylation sites is 1. The minimum atomic E-state index is -0.152. The van der Waals surface area contributed by atoms with Gasteiger partial charge in [-0.15, -0.1) is 0 Å². The molecule has 0 aliphatic rings. The Morgan fingerprint density at radius 3 is 2.70 bits per heavy atom. The average molecular weight is 270 g/mol. The highest BCUT2D eigenvalue weighted by atomic mass is 16.3. The molecule has 0 bridgehead atoms. The number of phenols is 1. The first-order chi connectivity index (χ1) is 9.56. The monoisotopic (exact) mass is 270 g/mol. The minimum absolute atomic E-state index is 0.105. The standard InChI is InChI=1S/C16H18N2O2/c1-11(14-7-2-3-8-15(14)17)18-16(20)10-12-5-4-6-13(19)9-12/h2-9,11,19H,10,17H2,1H3,(H,18,20). The number of rotatable bonds is 4. The lowest BCUT2D eigenvalue weighted by Crippen LogP contribution is -2.28. The van der Waals surface area contributed by atoms with Crippen molar-refractivity contribution in [2.24, 2.45) is 0 Å². The number of amides is 1. The van der Waals surface area contributed by atoms with Crippen LogP contribution in [0, 0.1) is 0 Å². The van der Waals surface area contributed by atoms with Crippen LogP contribution < -0.4 is 11.1 Å². The summed E-state index contributed by atoms with van der Waals surface area (Å²) in [6.07, 6.45) is 0.228. The van der Waals surface area contributed by atoms with Gasteiger partial charge in [-0.3, -0.25) is 4.79 Å². The summed E-state index contributed by atoms with van der Waals surface area (Å²) in [6, 6.07) is 14.0. The van der Waals surface area contributed by atoms with E-state index in [1.165, 1.54) is 0 Å². The van der Waals surface area contributed by atoms with Crippen molar-refractivity contribution in [1.29, 1.82) is 0 Å². The van der Waals surface area contributed by atoms with Gasteiger partial charge in [-0.05, 0) is 36.2 Å². The maximum absolute atomic E-state index is 12.0. The number of benzene rings is 2. The fraction of sp³-hybridized carbons (Fsp3) is 0.188. The highest BCUT2D eigenvalue weighted by Crippen LogP contribution is 2.19. The van der Waals surface area contributed by atoms with Crippen LogP contribution >= 0.6 is 0 Å². The maximum Gasteiger partial charge on any atom is 0.224 e. The van der Waals surface area contributed by atoms with Crippen LogP contribution in [0.5, 0.6) is 5.75 Å². The lowest BCUT2D eigenvalue weighted by Gasteiger charge is -2.16. The molecule has 1 atom stereocenters. The molecule has 1 amide bonds. The molecule has 2 rings (SSSR count). The number of hydrogen-bond donors (Lipinski definition) is 3. The molecular formula is C16H18N2O2. The molecule has 0 aliphatic carbocycles. The first-order valence-electron chi connectivity index (χ1n) is 6.48. The molecule has 4 nitrogen and oxygen atoms in total. The van der Waals surface area contributed by atoms with E-state index in [2.05, 4.69) is 5.32 Å². The quantitative estimate of drug-likeness (QED) is 0.747. The molecule has 0 saturated carbocycles. The molecular weight excluding hydrogens is 252 g/mol. The second kappa shape index (κ2) is 6.10. The van der Waals surface area contributed by atoms with Gasteiger partial charge in [-0.2, -0.15) is 0 Å². The van der Waals surface area contributed by atoms with Crippen molar-refractivity contribution in [1.82, 2.24) is 5.32 Å². The Labute approximate surface area is 118 Å². The molecule has 0 spiro atoms. The predicted molar refractivity (Wildman–Crippen MR) is 79.2 cm³/mol. The molecule has 0 aromatic heterocycles. The Morgan fingerprint density at radius 2 is 2.00 bits per heavy atom. The molecule has 20 heavy (non-hydrogen) atoms. The lowest BCUT2D eigenvalue weighted by atomic mass is 10.1. The van der Waals surface area contributed by atoms with E-state index in [-0.39, 0.29) is 24.1 Å². The number of phenolic OH excluding ortho intramolecular Hbond substituents is 1. The molecule has 2 aromatic carbocycles. The zero-order valence-electron chi connectivity index (χ0n) is 11.3. The summed E-state index contributed by atoms with van der Waals surface area (Å²) >= 11 is 0. The van der Waals surface area contributed by atoms with Gasteiger partial charge < -0.3 is 16.2 Å². The molecule has 0 fully saturated rings. The van der Waals surface area contributed by atoms with Gasteiger partial charge in [-0.25, -0.2) is 0 Å². The van der Waals surface area contributed by atoms with Crippen molar-refractivity contribution < 1.29 is 9.90 Å². The number of nitrogen functional groups attached to an aromatic ring is 1. The van der Waals surface area contributed by atoms with E-state index < -0.39 is 0 Å². The number of carbonyl (C=O) groups is 1. The maximum atomic E-state index is 12.0. The number of carbonyl (C=O) groups excluding carboxylic acids is 1. The van der Waals surface area contributed by atoms with Gasteiger partial charge in [0.15, 0.2) is 0 Å². The largest absolute Gasteiger partial charge is 0.508 e. The number of nitrogens with one attached hydrogen (secondary N) is 1. The van der Waals surface area contributed by atoms with Crippen LogP contribution in [0.1, 0.15) is 24.1 Å². The zero-order valence-corrected chi connectivity index (χ0v) is 11.3. The summed E-state index contributed by atoms with van der Waals surface area (Å²) in [7, 11) is 0. The van der Waals surface area contributed by atoms with E-state index >= 15 is 0 Å². The van der Waals surface area contributed by atoms with Crippen molar-refractivity contribution in [3.8, 4) is 5.75 Å². The van der Waals surface area contributed by atoms with Crippen molar-refractivity contribution in [2.75, 3.05) is 5.73 Å². The van der Waals surface area contributed by atoms with Crippen LogP contribution in [0.3, 0.4) is 0 Å². The second-order valence-corrected chi connectivity index (χ2v) is 4.76. The smallest absolute Gasteiger partial charge is 0.224 e. The Kier molecular flexibility index (Phi) is 4.25. The van der Waals surface area contributed by atoms with Crippen LogP contribution in [0.25, 0.3) is 0 Å². The van der Waals surface area contributed by atoms with Crippen LogP contribution in [0.2, 0.25) is 0 Å². The van der Waals surface area contributed by atoms with E-state index in [1.54, 1.807) is 24.3 Å². The summed E-state index contributed by atoms with van der Waals surface area (Å²) in [5.41, 5.74) is 8.22. The topological polar surface area (TPSA) is 75.3 Å². The van der Waals surface area contributed by atoms with E-state index in [0.29, 0.717) is 5.69 Å². The Balaban J connectivity index is 2.00.